The van der Waals surface area contributed by atoms with Gasteiger partial charge >= 0.3 is 0 Å². The van der Waals surface area contributed by atoms with Gasteiger partial charge in [0.1, 0.15) is 0 Å². The summed E-state index contributed by atoms with van der Waals surface area (Å²) in [6.07, 6.45) is 0.821. The minimum absolute atomic E-state index is 0.0123. The van der Waals surface area contributed by atoms with Crippen molar-refractivity contribution in [1.82, 2.24) is 4.90 Å². The molecule has 0 bridgehead atoms. The van der Waals surface area contributed by atoms with Crippen LogP contribution in [0, 0.1) is 6.92 Å². The van der Waals surface area contributed by atoms with Gasteiger partial charge in [-0.15, -0.1) is 0 Å². The largest absolute Gasteiger partial charge is 0.383 e. The number of methoxy groups -OCH3 is 1. The first kappa shape index (κ1) is 19.2. The quantitative estimate of drug-likeness (QED) is 0.803. The fraction of sp³-hybridized carbons (Fsp3) is 0.381. The van der Waals surface area contributed by atoms with Gasteiger partial charge in [-0.3, -0.25) is 4.79 Å². The highest BCUT2D eigenvalue weighted by atomic mass is 16.5. The molecule has 2 rings (SSSR count). The van der Waals surface area contributed by atoms with E-state index in [0.29, 0.717) is 25.3 Å². The van der Waals surface area contributed by atoms with Crippen LogP contribution in [-0.4, -0.2) is 37.1 Å². The maximum absolute atomic E-state index is 13.1. The van der Waals surface area contributed by atoms with Gasteiger partial charge in [0.05, 0.1) is 12.6 Å². The number of nitrogens with zero attached hydrogens (tertiary/aromatic N) is 1. The van der Waals surface area contributed by atoms with Crippen molar-refractivity contribution >= 4 is 5.91 Å². The number of amides is 1. The Balaban J connectivity index is 2.22. The molecule has 1 amide bonds. The highest BCUT2D eigenvalue weighted by Gasteiger charge is 2.22. The molecule has 0 aromatic heterocycles. The van der Waals surface area contributed by atoms with Crippen LogP contribution in [0.3, 0.4) is 0 Å². The number of carbonyl (C=O) groups is 1. The third-order valence-corrected chi connectivity index (χ3v) is 4.27. The molecule has 134 valence electrons. The standard InChI is InChI=1S/C21H28N2O2/c1-16-5-4-6-19(13-16)14-23(17(2)15-25-3)21(24)20-9-7-18(8-10-20)11-12-22/h4-10,13,17H,11-12,14-15,22H2,1-3H3. The van der Waals surface area contributed by atoms with E-state index in [1.165, 1.54) is 5.56 Å². The first-order valence-corrected chi connectivity index (χ1v) is 8.69. The fourth-order valence-corrected chi connectivity index (χ4v) is 2.91. The zero-order chi connectivity index (χ0) is 18.2. The first-order valence-electron chi connectivity index (χ1n) is 8.69. The average molecular weight is 340 g/mol. The van der Waals surface area contributed by atoms with Crippen molar-refractivity contribution < 1.29 is 9.53 Å². The van der Waals surface area contributed by atoms with E-state index < -0.39 is 0 Å². The minimum Gasteiger partial charge on any atom is -0.383 e. The van der Waals surface area contributed by atoms with Crippen LogP contribution in [0.15, 0.2) is 48.5 Å². The predicted octanol–water partition coefficient (Wildman–Crippen LogP) is 3.17. The minimum atomic E-state index is -0.0123. The number of aryl methyl sites for hydroxylation is 1. The van der Waals surface area contributed by atoms with Crippen LogP contribution < -0.4 is 5.73 Å². The summed E-state index contributed by atoms with van der Waals surface area (Å²) in [6.45, 7) is 5.75. The molecule has 2 N–H and O–H groups in total. The van der Waals surface area contributed by atoms with Gasteiger partial charge in [0, 0.05) is 19.2 Å². The molecule has 0 radical (unpaired) electrons. The Labute approximate surface area is 150 Å². The molecule has 1 unspecified atom stereocenters. The molecule has 0 aliphatic heterocycles. The Kier molecular flexibility index (Phi) is 7.16. The molecule has 4 nitrogen and oxygen atoms in total. The van der Waals surface area contributed by atoms with Crippen LogP contribution in [0.25, 0.3) is 0 Å². The number of ether oxygens (including phenoxy) is 1. The van der Waals surface area contributed by atoms with Gasteiger partial charge in [-0.05, 0) is 50.1 Å². The summed E-state index contributed by atoms with van der Waals surface area (Å²) < 4.78 is 5.28. The third kappa shape index (κ3) is 5.41. The van der Waals surface area contributed by atoms with Crippen molar-refractivity contribution in [3.05, 3.63) is 70.8 Å². The molecule has 0 aliphatic carbocycles. The summed E-state index contributed by atoms with van der Waals surface area (Å²) in [6, 6.07) is 16.0. The molecule has 0 spiro atoms. The topological polar surface area (TPSA) is 55.6 Å². The summed E-state index contributed by atoms with van der Waals surface area (Å²) in [5.41, 5.74) is 9.74. The number of carbonyl (C=O) groups excluding carboxylic acids is 1. The summed E-state index contributed by atoms with van der Waals surface area (Å²) in [5, 5.41) is 0. The Morgan fingerprint density at radius 1 is 1.16 bits per heavy atom. The van der Waals surface area contributed by atoms with Gasteiger partial charge in [-0.1, -0.05) is 42.0 Å². The maximum Gasteiger partial charge on any atom is 0.254 e. The molecule has 25 heavy (non-hydrogen) atoms. The molecule has 0 saturated carbocycles. The van der Waals surface area contributed by atoms with E-state index in [4.69, 9.17) is 10.5 Å². The van der Waals surface area contributed by atoms with Crippen LogP contribution in [0.2, 0.25) is 0 Å². The molecule has 0 fully saturated rings. The van der Waals surface area contributed by atoms with Gasteiger partial charge in [0.2, 0.25) is 0 Å². The molecule has 0 heterocycles. The number of benzene rings is 2. The van der Waals surface area contributed by atoms with Gasteiger partial charge in [0.15, 0.2) is 0 Å². The second kappa shape index (κ2) is 9.35. The summed E-state index contributed by atoms with van der Waals surface area (Å²) in [4.78, 5) is 14.9. The van der Waals surface area contributed by atoms with Crippen LogP contribution in [0.4, 0.5) is 0 Å². The normalized spacial score (nSPS) is 12.0. The molecule has 4 heteroatoms. The molecular formula is C21H28N2O2. The molecular weight excluding hydrogens is 312 g/mol. The van der Waals surface area contributed by atoms with E-state index in [1.807, 2.05) is 42.2 Å². The van der Waals surface area contributed by atoms with Gasteiger partial charge in [0.25, 0.3) is 5.91 Å². The smallest absolute Gasteiger partial charge is 0.254 e. The SMILES string of the molecule is COCC(C)N(Cc1cccc(C)c1)C(=O)c1ccc(CCN)cc1. The van der Waals surface area contributed by atoms with E-state index >= 15 is 0 Å². The van der Waals surface area contributed by atoms with Crippen molar-refractivity contribution in [1.29, 1.82) is 0 Å². The van der Waals surface area contributed by atoms with Gasteiger partial charge in [-0.25, -0.2) is 0 Å². The van der Waals surface area contributed by atoms with Gasteiger partial charge in [-0.2, -0.15) is 0 Å². The zero-order valence-corrected chi connectivity index (χ0v) is 15.4. The van der Waals surface area contributed by atoms with Crippen LogP contribution >= 0.6 is 0 Å². The second-order valence-electron chi connectivity index (χ2n) is 6.46. The molecule has 2 aromatic carbocycles. The summed E-state index contributed by atoms with van der Waals surface area (Å²) >= 11 is 0. The number of rotatable bonds is 8. The first-order chi connectivity index (χ1) is 12.0. The lowest BCUT2D eigenvalue weighted by atomic mass is 10.1. The average Bonchev–Trinajstić information content (AvgIpc) is 2.60. The van der Waals surface area contributed by atoms with E-state index in [1.54, 1.807) is 7.11 Å². The van der Waals surface area contributed by atoms with Crippen LogP contribution in [0.5, 0.6) is 0 Å². The van der Waals surface area contributed by atoms with Crippen molar-refractivity contribution in [2.75, 3.05) is 20.3 Å². The molecule has 0 aliphatic rings. The monoisotopic (exact) mass is 340 g/mol. The Bertz CT molecular complexity index is 683. The van der Waals surface area contributed by atoms with Crippen molar-refractivity contribution in [2.24, 2.45) is 5.73 Å². The number of hydrogen-bond donors (Lipinski definition) is 1. The van der Waals surface area contributed by atoms with E-state index in [9.17, 15) is 4.79 Å². The van der Waals surface area contributed by atoms with E-state index in [2.05, 4.69) is 25.1 Å². The van der Waals surface area contributed by atoms with Crippen LogP contribution in [-0.2, 0) is 17.7 Å². The number of nitrogens with two attached hydrogens (primary N) is 1. The lowest BCUT2D eigenvalue weighted by molar-refractivity contribution is 0.0542. The van der Waals surface area contributed by atoms with E-state index in [-0.39, 0.29) is 11.9 Å². The zero-order valence-electron chi connectivity index (χ0n) is 15.4. The summed E-state index contributed by atoms with van der Waals surface area (Å²) in [5.74, 6) is 0.0188. The third-order valence-electron chi connectivity index (χ3n) is 4.27. The van der Waals surface area contributed by atoms with Gasteiger partial charge < -0.3 is 15.4 Å². The summed E-state index contributed by atoms with van der Waals surface area (Å²) in [7, 11) is 1.66. The fourth-order valence-electron chi connectivity index (χ4n) is 2.91. The highest BCUT2D eigenvalue weighted by Crippen LogP contribution is 2.16. The van der Waals surface area contributed by atoms with Crippen LogP contribution in [0.1, 0.15) is 34.0 Å². The Hall–Kier alpha value is -2.17. The molecule has 0 saturated heterocycles. The van der Waals surface area contributed by atoms with Crippen molar-refractivity contribution in [3.63, 3.8) is 0 Å². The Morgan fingerprint density at radius 3 is 2.48 bits per heavy atom. The maximum atomic E-state index is 13.1. The molecule has 2 aromatic rings. The van der Waals surface area contributed by atoms with Crippen molar-refractivity contribution in [2.45, 2.75) is 32.9 Å². The predicted molar refractivity (Wildman–Crippen MR) is 102 cm³/mol. The lowest BCUT2D eigenvalue weighted by Gasteiger charge is -2.29. The highest BCUT2D eigenvalue weighted by molar-refractivity contribution is 5.94. The second-order valence-corrected chi connectivity index (χ2v) is 6.46. The molecule has 1 atom stereocenters. The number of hydrogen-bond acceptors (Lipinski definition) is 3. The van der Waals surface area contributed by atoms with Crippen molar-refractivity contribution in [3.8, 4) is 0 Å². The van der Waals surface area contributed by atoms with E-state index in [0.717, 1.165) is 17.5 Å². The lowest BCUT2D eigenvalue weighted by Crippen LogP contribution is -2.40. The Morgan fingerprint density at radius 2 is 1.88 bits per heavy atom.